The van der Waals surface area contributed by atoms with Crippen molar-refractivity contribution >= 4 is 29.0 Å². The second-order valence-corrected chi connectivity index (χ2v) is 5.73. The Labute approximate surface area is 161 Å². The molecular formula is C20H18N2O6. The third-order valence-electron chi connectivity index (χ3n) is 3.80. The van der Waals surface area contributed by atoms with Crippen LogP contribution in [0.5, 0.6) is 5.75 Å². The number of benzene rings is 2. The molecule has 2 N–H and O–H groups in total. The molecule has 0 aliphatic carbocycles. The molecule has 2 aromatic rings. The molecule has 1 heterocycles. The van der Waals surface area contributed by atoms with Crippen molar-refractivity contribution in [2.45, 2.75) is 0 Å². The van der Waals surface area contributed by atoms with E-state index in [1.807, 2.05) is 6.07 Å². The Balaban J connectivity index is 1.63. The van der Waals surface area contributed by atoms with Gasteiger partial charge in [-0.1, -0.05) is 30.3 Å². The van der Waals surface area contributed by atoms with E-state index in [0.29, 0.717) is 17.1 Å². The van der Waals surface area contributed by atoms with Gasteiger partial charge < -0.3 is 24.8 Å². The van der Waals surface area contributed by atoms with Crippen LogP contribution in [0, 0.1) is 0 Å². The average Bonchev–Trinajstić information content (AvgIpc) is 3.07. The van der Waals surface area contributed by atoms with Gasteiger partial charge in [0, 0.05) is 5.69 Å². The van der Waals surface area contributed by atoms with Gasteiger partial charge in [0.2, 0.25) is 11.7 Å². The van der Waals surface area contributed by atoms with E-state index in [2.05, 4.69) is 10.6 Å². The highest BCUT2D eigenvalue weighted by molar-refractivity contribution is 6.20. The Morgan fingerprint density at radius 2 is 1.79 bits per heavy atom. The molecule has 2 aromatic carbocycles. The van der Waals surface area contributed by atoms with Gasteiger partial charge in [-0.25, -0.2) is 4.79 Å². The van der Waals surface area contributed by atoms with Crippen LogP contribution in [0.3, 0.4) is 0 Å². The van der Waals surface area contributed by atoms with E-state index < -0.39 is 24.3 Å². The first-order valence-corrected chi connectivity index (χ1v) is 8.41. The van der Waals surface area contributed by atoms with Crippen LogP contribution in [-0.2, 0) is 23.9 Å². The summed E-state index contributed by atoms with van der Waals surface area (Å²) in [5, 5.41) is 5.44. The summed E-state index contributed by atoms with van der Waals surface area (Å²) in [5.41, 5.74) is 0.831. The Morgan fingerprint density at radius 3 is 2.54 bits per heavy atom. The fraction of sp³-hybridized carbons (Fsp3) is 0.150. The lowest BCUT2D eigenvalue weighted by atomic mass is 10.2. The summed E-state index contributed by atoms with van der Waals surface area (Å²) in [6.45, 7) is -0.834. The number of hydrogen-bond acceptors (Lipinski definition) is 7. The number of methoxy groups -OCH3 is 1. The highest BCUT2D eigenvalue weighted by atomic mass is 16.5. The van der Waals surface area contributed by atoms with Crippen molar-refractivity contribution in [2.75, 3.05) is 31.0 Å². The molecule has 0 spiro atoms. The maximum atomic E-state index is 12.3. The normalized spacial score (nSPS) is 13.0. The molecule has 28 heavy (non-hydrogen) atoms. The summed E-state index contributed by atoms with van der Waals surface area (Å²) in [7, 11) is 1.48. The fourth-order valence-corrected chi connectivity index (χ4v) is 2.50. The average molecular weight is 382 g/mol. The summed E-state index contributed by atoms with van der Waals surface area (Å²) in [6, 6.07) is 15.7. The monoisotopic (exact) mass is 382 g/mol. The SMILES string of the molecule is COc1ccccc1NC(=O)COC(=O)C1=C(Nc2ccccc2)OCC1=O. The zero-order chi connectivity index (χ0) is 19.9. The number of carbonyl (C=O) groups is 3. The van der Waals surface area contributed by atoms with Gasteiger partial charge in [0.05, 0.1) is 12.8 Å². The summed E-state index contributed by atoms with van der Waals surface area (Å²) < 4.78 is 15.4. The number of esters is 1. The molecule has 0 unspecified atom stereocenters. The van der Waals surface area contributed by atoms with Gasteiger partial charge in [0.15, 0.2) is 18.8 Å². The van der Waals surface area contributed by atoms with Gasteiger partial charge in [-0.05, 0) is 24.3 Å². The predicted octanol–water partition coefficient (Wildman–Crippen LogP) is 2.10. The summed E-state index contributed by atoms with van der Waals surface area (Å²) >= 11 is 0. The molecule has 1 aliphatic rings. The number of rotatable bonds is 7. The first-order valence-electron chi connectivity index (χ1n) is 8.41. The lowest BCUT2D eigenvalue weighted by Gasteiger charge is -2.11. The molecule has 8 heteroatoms. The zero-order valence-corrected chi connectivity index (χ0v) is 15.1. The number of nitrogens with one attached hydrogen (secondary N) is 2. The minimum absolute atomic E-state index is 0.00587. The van der Waals surface area contributed by atoms with Gasteiger partial charge in [-0.15, -0.1) is 0 Å². The maximum Gasteiger partial charge on any atom is 0.347 e. The third kappa shape index (κ3) is 4.47. The smallest absolute Gasteiger partial charge is 0.347 e. The topological polar surface area (TPSA) is 103 Å². The molecule has 0 radical (unpaired) electrons. The van der Waals surface area contributed by atoms with E-state index in [4.69, 9.17) is 14.2 Å². The van der Waals surface area contributed by atoms with Crippen molar-refractivity contribution in [2.24, 2.45) is 0 Å². The van der Waals surface area contributed by atoms with Crippen LogP contribution in [0.1, 0.15) is 0 Å². The molecule has 0 bridgehead atoms. The largest absolute Gasteiger partial charge is 0.495 e. The van der Waals surface area contributed by atoms with Crippen molar-refractivity contribution in [3.8, 4) is 5.75 Å². The van der Waals surface area contributed by atoms with Crippen LogP contribution < -0.4 is 15.4 Å². The van der Waals surface area contributed by atoms with E-state index in [0.717, 1.165) is 0 Å². The van der Waals surface area contributed by atoms with Crippen molar-refractivity contribution in [1.82, 2.24) is 0 Å². The number of ether oxygens (including phenoxy) is 3. The van der Waals surface area contributed by atoms with E-state index in [9.17, 15) is 14.4 Å². The fourth-order valence-electron chi connectivity index (χ4n) is 2.50. The van der Waals surface area contributed by atoms with Crippen LogP contribution in [-0.4, -0.2) is 38.0 Å². The van der Waals surface area contributed by atoms with Crippen molar-refractivity contribution in [1.29, 1.82) is 0 Å². The van der Waals surface area contributed by atoms with Crippen molar-refractivity contribution in [3.63, 3.8) is 0 Å². The third-order valence-corrected chi connectivity index (χ3v) is 3.80. The van der Waals surface area contributed by atoms with Crippen molar-refractivity contribution in [3.05, 3.63) is 66.1 Å². The van der Waals surface area contributed by atoms with Gasteiger partial charge >= 0.3 is 5.97 Å². The molecule has 0 saturated carbocycles. The van der Waals surface area contributed by atoms with Crippen molar-refractivity contribution < 1.29 is 28.6 Å². The Morgan fingerprint density at radius 1 is 1.07 bits per heavy atom. The predicted molar refractivity (Wildman–Crippen MR) is 101 cm³/mol. The first-order chi connectivity index (χ1) is 13.6. The van der Waals surface area contributed by atoms with Crippen LogP contribution in [0.4, 0.5) is 11.4 Å². The van der Waals surface area contributed by atoms with Crippen LogP contribution in [0.2, 0.25) is 0 Å². The minimum Gasteiger partial charge on any atom is -0.495 e. The second-order valence-electron chi connectivity index (χ2n) is 5.73. The number of Topliss-reactive ketones (excluding diaryl/α,β-unsaturated/α-hetero) is 1. The summed E-state index contributed by atoms with van der Waals surface area (Å²) in [5.74, 6) is -1.54. The lowest BCUT2D eigenvalue weighted by molar-refractivity contribution is -0.144. The molecular weight excluding hydrogens is 364 g/mol. The second kappa shape index (κ2) is 8.72. The number of carbonyl (C=O) groups excluding carboxylic acids is 3. The zero-order valence-electron chi connectivity index (χ0n) is 15.1. The molecule has 0 aromatic heterocycles. The number of anilines is 2. The molecule has 144 valence electrons. The highest BCUT2D eigenvalue weighted by Gasteiger charge is 2.32. The Bertz CT molecular complexity index is 923. The van der Waals surface area contributed by atoms with E-state index in [-0.39, 0.29) is 18.1 Å². The van der Waals surface area contributed by atoms with E-state index >= 15 is 0 Å². The molecule has 0 saturated heterocycles. The molecule has 3 rings (SSSR count). The van der Waals surface area contributed by atoms with Gasteiger partial charge in [0.25, 0.3) is 5.91 Å². The van der Waals surface area contributed by atoms with E-state index in [1.54, 1.807) is 48.5 Å². The Kier molecular flexibility index (Phi) is 5.91. The van der Waals surface area contributed by atoms with Crippen LogP contribution >= 0.6 is 0 Å². The standard InChI is InChI=1S/C20H18N2O6/c1-26-16-10-6-5-9-14(16)22-17(24)12-28-20(25)18-15(23)11-27-19(18)21-13-7-3-2-4-8-13/h2-10,21H,11-12H2,1H3,(H,22,24). The number of hydrogen-bond donors (Lipinski definition) is 2. The Hall–Kier alpha value is -3.81. The molecule has 0 atom stereocenters. The maximum absolute atomic E-state index is 12.3. The van der Waals surface area contributed by atoms with E-state index in [1.165, 1.54) is 7.11 Å². The number of amides is 1. The van der Waals surface area contributed by atoms with Gasteiger partial charge in [-0.3, -0.25) is 9.59 Å². The number of ketones is 1. The van der Waals surface area contributed by atoms with Crippen LogP contribution in [0.15, 0.2) is 66.1 Å². The molecule has 1 amide bonds. The molecule has 0 fully saturated rings. The van der Waals surface area contributed by atoms with Gasteiger partial charge in [0.1, 0.15) is 5.75 Å². The highest BCUT2D eigenvalue weighted by Crippen LogP contribution is 2.23. The molecule has 1 aliphatic heterocycles. The van der Waals surface area contributed by atoms with Crippen LogP contribution in [0.25, 0.3) is 0 Å². The molecule has 8 nitrogen and oxygen atoms in total. The minimum atomic E-state index is -0.934. The lowest BCUT2D eigenvalue weighted by Crippen LogP contribution is -2.24. The first kappa shape index (κ1) is 19.0. The summed E-state index contributed by atoms with van der Waals surface area (Å²) in [6.07, 6.45) is 0. The number of para-hydroxylation sites is 3. The quantitative estimate of drug-likeness (QED) is 0.558. The summed E-state index contributed by atoms with van der Waals surface area (Å²) in [4.78, 5) is 36.4. The van der Waals surface area contributed by atoms with Gasteiger partial charge in [-0.2, -0.15) is 0 Å².